The van der Waals surface area contributed by atoms with Crippen molar-refractivity contribution in [2.24, 2.45) is 0 Å². The van der Waals surface area contributed by atoms with Crippen molar-refractivity contribution in [2.45, 2.75) is 6.42 Å². The second kappa shape index (κ2) is 6.55. The molecular weight excluding hydrogens is 270 g/mol. The van der Waals surface area contributed by atoms with E-state index in [1.807, 2.05) is 60.7 Å². The summed E-state index contributed by atoms with van der Waals surface area (Å²) in [4.78, 5) is 4.35. The SMILES string of the molecule is N#CC(=CNc1ccccc1)Cc1ccnc2ccccc12. The van der Waals surface area contributed by atoms with Gasteiger partial charge in [-0.1, -0.05) is 36.4 Å². The van der Waals surface area contributed by atoms with Gasteiger partial charge in [-0.05, 0) is 29.8 Å². The molecule has 0 amide bonds. The normalized spacial score (nSPS) is 11.1. The minimum Gasteiger partial charge on any atom is -0.361 e. The Bertz CT molecular complexity index is 840. The van der Waals surface area contributed by atoms with Crippen molar-refractivity contribution in [3.63, 3.8) is 0 Å². The Morgan fingerprint density at radius 3 is 2.64 bits per heavy atom. The molecule has 0 saturated carbocycles. The smallest absolute Gasteiger partial charge is 0.0965 e. The van der Waals surface area contributed by atoms with Crippen molar-refractivity contribution in [3.05, 3.63) is 84.2 Å². The minimum atomic E-state index is 0.583. The second-order valence-corrected chi connectivity index (χ2v) is 4.96. The second-order valence-electron chi connectivity index (χ2n) is 4.96. The fourth-order valence-electron chi connectivity index (χ4n) is 2.34. The van der Waals surface area contributed by atoms with E-state index < -0.39 is 0 Å². The van der Waals surface area contributed by atoms with Crippen LogP contribution in [0.1, 0.15) is 5.56 Å². The monoisotopic (exact) mass is 285 g/mol. The van der Waals surface area contributed by atoms with Crippen LogP contribution in [0.4, 0.5) is 5.69 Å². The van der Waals surface area contributed by atoms with Gasteiger partial charge in [0, 0.05) is 35.5 Å². The van der Waals surface area contributed by atoms with E-state index in [1.54, 1.807) is 12.4 Å². The number of rotatable bonds is 4. The standard InChI is InChI=1S/C19H15N3/c20-13-15(14-22-17-6-2-1-3-7-17)12-16-10-11-21-19-9-5-4-8-18(16)19/h1-11,14,22H,12H2. The summed E-state index contributed by atoms with van der Waals surface area (Å²) in [5, 5.41) is 13.6. The van der Waals surface area contributed by atoms with E-state index in [9.17, 15) is 5.26 Å². The molecule has 0 spiro atoms. The molecule has 1 aromatic heterocycles. The van der Waals surface area contributed by atoms with Crippen LogP contribution in [-0.4, -0.2) is 4.98 Å². The van der Waals surface area contributed by atoms with Crippen LogP contribution in [0.25, 0.3) is 10.9 Å². The van der Waals surface area contributed by atoms with Crippen molar-refractivity contribution in [3.8, 4) is 6.07 Å². The zero-order valence-corrected chi connectivity index (χ0v) is 12.0. The highest BCUT2D eigenvalue weighted by molar-refractivity contribution is 5.82. The van der Waals surface area contributed by atoms with Gasteiger partial charge in [0.05, 0.1) is 11.6 Å². The fourth-order valence-corrected chi connectivity index (χ4v) is 2.34. The lowest BCUT2D eigenvalue weighted by Crippen LogP contribution is -1.95. The highest BCUT2D eigenvalue weighted by Gasteiger charge is 2.04. The third-order valence-electron chi connectivity index (χ3n) is 3.45. The first kappa shape index (κ1) is 13.8. The molecule has 0 aliphatic rings. The molecule has 0 unspecified atom stereocenters. The number of allylic oxidation sites excluding steroid dienone is 1. The molecule has 3 aromatic rings. The Balaban J connectivity index is 1.84. The van der Waals surface area contributed by atoms with E-state index in [2.05, 4.69) is 16.4 Å². The van der Waals surface area contributed by atoms with Gasteiger partial charge >= 0.3 is 0 Å². The maximum atomic E-state index is 9.36. The van der Waals surface area contributed by atoms with Crippen molar-refractivity contribution in [2.75, 3.05) is 5.32 Å². The lowest BCUT2D eigenvalue weighted by molar-refractivity contribution is 1.19. The van der Waals surface area contributed by atoms with Gasteiger partial charge < -0.3 is 5.32 Å². The lowest BCUT2D eigenvalue weighted by atomic mass is 10.0. The van der Waals surface area contributed by atoms with Crippen LogP contribution in [0.3, 0.4) is 0 Å². The van der Waals surface area contributed by atoms with Gasteiger partial charge in [-0.2, -0.15) is 5.26 Å². The molecule has 3 heteroatoms. The average Bonchev–Trinajstić information content (AvgIpc) is 2.59. The number of aromatic nitrogens is 1. The van der Waals surface area contributed by atoms with Crippen LogP contribution in [0.5, 0.6) is 0 Å². The molecule has 0 atom stereocenters. The van der Waals surface area contributed by atoms with Gasteiger partial charge in [-0.3, -0.25) is 4.98 Å². The van der Waals surface area contributed by atoms with Gasteiger partial charge in [0.15, 0.2) is 0 Å². The quantitative estimate of drug-likeness (QED) is 0.727. The summed E-state index contributed by atoms with van der Waals surface area (Å²) in [6, 6.07) is 22.0. The van der Waals surface area contributed by atoms with Crippen LogP contribution >= 0.6 is 0 Å². The molecule has 2 aromatic carbocycles. The van der Waals surface area contributed by atoms with Crippen LogP contribution < -0.4 is 5.32 Å². The van der Waals surface area contributed by atoms with E-state index in [1.165, 1.54) is 0 Å². The zero-order chi connectivity index (χ0) is 15.2. The lowest BCUT2D eigenvalue weighted by Gasteiger charge is -2.06. The number of nitrogens with one attached hydrogen (secondary N) is 1. The number of pyridine rings is 1. The summed E-state index contributed by atoms with van der Waals surface area (Å²) in [5.74, 6) is 0. The summed E-state index contributed by atoms with van der Waals surface area (Å²) < 4.78 is 0. The first-order valence-electron chi connectivity index (χ1n) is 7.10. The van der Waals surface area contributed by atoms with Crippen LogP contribution in [0.15, 0.2) is 78.6 Å². The number of benzene rings is 2. The number of hydrogen-bond acceptors (Lipinski definition) is 3. The van der Waals surface area contributed by atoms with Crippen LogP contribution in [0.2, 0.25) is 0 Å². The van der Waals surface area contributed by atoms with Gasteiger partial charge in [-0.15, -0.1) is 0 Å². The van der Waals surface area contributed by atoms with Crippen molar-refractivity contribution < 1.29 is 0 Å². The molecule has 1 heterocycles. The third-order valence-corrected chi connectivity index (χ3v) is 3.45. The molecule has 0 radical (unpaired) electrons. The molecular formula is C19H15N3. The molecule has 106 valence electrons. The Hall–Kier alpha value is -3.12. The summed E-state index contributed by atoms with van der Waals surface area (Å²) >= 11 is 0. The van der Waals surface area contributed by atoms with Crippen LogP contribution in [-0.2, 0) is 6.42 Å². The number of para-hydroxylation sites is 2. The largest absolute Gasteiger partial charge is 0.361 e. The summed E-state index contributed by atoms with van der Waals surface area (Å²) in [7, 11) is 0. The molecule has 3 nitrogen and oxygen atoms in total. The Morgan fingerprint density at radius 2 is 1.82 bits per heavy atom. The topological polar surface area (TPSA) is 48.7 Å². The van der Waals surface area contributed by atoms with E-state index in [0.717, 1.165) is 22.2 Å². The van der Waals surface area contributed by atoms with Gasteiger partial charge in [0.2, 0.25) is 0 Å². The number of nitrogens with zero attached hydrogens (tertiary/aromatic N) is 2. The fraction of sp³-hybridized carbons (Fsp3) is 0.0526. The number of nitriles is 1. The molecule has 1 N–H and O–H groups in total. The van der Waals surface area contributed by atoms with Gasteiger partial charge in [0.25, 0.3) is 0 Å². The molecule has 3 rings (SSSR count). The van der Waals surface area contributed by atoms with E-state index in [-0.39, 0.29) is 0 Å². The number of hydrogen-bond donors (Lipinski definition) is 1. The number of anilines is 1. The first-order valence-corrected chi connectivity index (χ1v) is 7.10. The first-order chi connectivity index (χ1) is 10.9. The molecule has 0 aliphatic carbocycles. The third kappa shape index (κ3) is 3.13. The average molecular weight is 285 g/mol. The van der Waals surface area contributed by atoms with E-state index in [0.29, 0.717) is 12.0 Å². The van der Waals surface area contributed by atoms with E-state index >= 15 is 0 Å². The summed E-state index contributed by atoms with van der Waals surface area (Å²) in [5.41, 5.74) is 3.71. The Labute approximate surface area is 129 Å². The van der Waals surface area contributed by atoms with Crippen molar-refractivity contribution in [1.29, 1.82) is 5.26 Å². The highest BCUT2D eigenvalue weighted by Crippen LogP contribution is 2.19. The molecule has 22 heavy (non-hydrogen) atoms. The highest BCUT2D eigenvalue weighted by atomic mass is 14.8. The predicted molar refractivity (Wildman–Crippen MR) is 89.2 cm³/mol. The van der Waals surface area contributed by atoms with Crippen molar-refractivity contribution in [1.82, 2.24) is 4.98 Å². The number of fused-ring (bicyclic) bond motifs is 1. The van der Waals surface area contributed by atoms with Gasteiger partial charge in [0.1, 0.15) is 0 Å². The molecule has 0 fully saturated rings. The van der Waals surface area contributed by atoms with E-state index in [4.69, 9.17) is 0 Å². The summed E-state index contributed by atoms with van der Waals surface area (Å²) in [6.45, 7) is 0. The van der Waals surface area contributed by atoms with Crippen LogP contribution in [0, 0.1) is 11.3 Å². The molecule has 0 aliphatic heterocycles. The molecule has 0 saturated heterocycles. The zero-order valence-electron chi connectivity index (χ0n) is 12.0. The van der Waals surface area contributed by atoms with Gasteiger partial charge in [-0.25, -0.2) is 0 Å². The predicted octanol–water partition coefficient (Wildman–Crippen LogP) is 4.30. The maximum Gasteiger partial charge on any atom is 0.0965 e. The maximum absolute atomic E-state index is 9.36. The van der Waals surface area contributed by atoms with Crippen molar-refractivity contribution >= 4 is 16.6 Å². The Morgan fingerprint density at radius 1 is 1.05 bits per heavy atom. The molecule has 0 bridgehead atoms. The summed E-state index contributed by atoms with van der Waals surface area (Å²) in [6.07, 6.45) is 4.14. The Kier molecular flexibility index (Phi) is 4.12. The minimum absolute atomic E-state index is 0.583.